The maximum Gasteiger partial charge on any atom is 0.0719 e. The normalized spacial score (nSPS) is 12.8. The lowest BCUT2D eigenvalue weighted by Crippen LogP contribution is -2.16. The predicted octanol–water partition coefficient (Wildman–Crippen LogP) is 17.1. The Morgan fingerprint density at radius 2 is 0.769 bits per heavy atom. The highest BCUT2D eigenvalue weighted by Gasteiger charge is 2.24. The number of hydrogen-bond acceptors (Lipinski definition) is 3. The van der Waals surface area contributed by atoms with E-state index in [-0.39, 0.29) is 0 Å². The SMILES string of the molecule is C1=CC(N(c2ccccc2)c2ccc3c(c2)c2ccc4c5ccc6c7cc(N(c8ccccc8)c8ccccc8)ccc7n(-c7ccccc7)c6c5sc4c2n3-c2ccccc2)=CCC1. The van der Waals surface area contributed by atoms with Crippen LogP contribution in [0.15, 0.2) is 236 Å². The van der Waals surface area contributed by atoms with Gasteiger partial charge in [-0.1, -0.05) is 127 Å². The molecule has 4 nitrogen and oxygen atoms in total. The number of aromatic nitrogens is 2. The third-order valence-corrected chi connectivity index (χ3v) is 14.3. The third kappa shape index (κ3) is 6.04. The molecule has 9 aromatic carbocycles. The molecule has 0 fully saturated rings. The van der Waals surface area contributed by atoms with Crippen LogP contribution in [-0.4, -0.2) is 9.13 Å². The molecule has 0 unspecified atom stereocenters. The molecular weight excluding hydrogens is 809 g/mol. The first kappa shape index (κ1) is 37.4. The number of allylic oxidation sites excluding steroid dienone is 3. The molecule has 65 heavy (non-hydrogen) atoms. The molecule has 1 aliphatic rings. The fourth-order valence-electron chi connectivity index (χ4n) is 10.2. The van der Waals surface area contributed by atoms with E-state index in [9.17, 15) is 0 Å². The van der Waals surface area contributed by atoms with Gasteiger partial charge in [0, 0.05) is 77.8 Å². The molecule has 3 heterocycles. The molecule has 0 bridgehead atoms. The van der Waals surface area contributed by atoms with Gasteiger partial charge in [-0.3, -0.25) is 0 Å². The number of fused-ring (bicyclic) bond motifs is 11. The Morgan fingerprint density at radius 3 is 1.22 bits per heavy atom. The van der Waals surface area contributed by atoms with Gasteiger partial charge in [0.2, 0.25) is 0 Å². The molecule has 13 rings (SSSR count). The summed E-state index contributed by atoms with van der Waals surface area (Å²) in [6.07, 6.45) is 9.03. The van der Waals surface area contributed by atoms with Gasteiger partial charge in [0.15, 0.2) is 0 Å². The molecule has 3 aromatic heterocycles. The summed E-state index contributed by atoms with van der Waals surface area (Å²) in [5, 5.41) is 7.48. The molecule has 0 saturated heterocycles. The van der Waals surface area contributed by atoms with Crippen LogP contribution in [0.1, 0.15) is 12.8 Å². The number of hydrogen-bond donors (Lipinski definition) is 0. The van der Waals surface area contributed by atoms with Crippen LogP contribution in [0.2, 0.25) is 0 Å². The Labute approximate surface area is 381 Å². The molecule has 0 aliphatic heterocycles. The Morgan fingerprint density at radius 1 is 0.354 bits per heavy atom. The van der Waals surface area contributed by atoms with Gasteiger partial charge in [0.1, 0.15) is 0 Å². The van der Waals surface area contributed by atoms with E-state index in [4.69, 9.17) is 0 Å². The highest BCUT2D eigenvalue weighted by molar-refractivity contribution is 7.27. The molecular formula is C60H42N4S. The Hall–Kier alpha value is -8.12. The van der Waals surface area contributed by atoms with Crippen LogP contribution in [0.25, 0.3) is 75.2 Å². The van der Waals surface area contributed by atoms with Crippen molar-refractivity contribution in [3.05, 3.63) is 236 Å². The van der Waals surface area contributed by atoms with Crippen LogP contribution in [-0.2, 0) is 0 Å². The first-order chi connectivity index (χ1) is 32.3. The van der Waals surface area contributed by atoms with E-state index < -0.39 is 0 Å². The first-order valence-corrected chi connectivity index (χ1v) is 23.2. The van der Waals surface area contributed by atoms with Crippen LogP contribution >= 0.6 is 11.3 Å². The number of benzene rings is 9. The van der Waals surface area contributed by atoms with Gasteiger partial charge in [-0.25, -0.2) is 0 Å². The lowest BCUT2D eigenvalue weighted by Gasteiger charge is -2.27. The van der Waals surface area contributed by atoms with Crippen molar-refractivity contribution in [3.8, 4) is 11.4 Å². The Kier molecular flexibility index (Phi) is 8.81. The topological polar surface area (TPSA) is 16.3 Å². The van der Waals surface area contributed by atoms with Crippen molar-refractivity contribution >= 4 is 104 Å². The van der Waals surface area contributed by atoms with Crippen LogP contribution in [0.3, 0.4) is 0 Å². The second-order valence-corrected chi connectivity index (χ2v) is 17.8. The van der Waals surface area contributed by atoms with Gasteiger partial charge in [-0.2, -0.15) is 0 Å². The van der Waals surface area contributed by atoms with Gasteiger partial charge < -0.3 is 18.9 Å². The Balaban J connectivity index is 1.09. The monoisotopic (exact) mass is 850 g/mol. The molecule has 0 N–H and O–H groups in total. The quantitative estimate of drug-likeness (QED) is 0.151. The number of rotatable bonds is 8. The fourth-order valence-corrected chi connectivity index (χ4v) is 11.6. The van der Waals surface area contributed by atoms with Crippen molar-refractivity contribution < 1.29 is 0 Å². The summed E-state index contributed by atoms with van der Waals surface area (Å²) >= 11 is 1.92. The molecule has 0 radical (unpaired) electrons. The van der Waals surface area contributed by atoms with Gasteiger partial charge >= 0.3 is 0 Å². The van der Waals surface area contributed by atoms with Gasteiger partial charge in [-0.15, -0.1) is 11.3 Å². The second kappa shape index (κ2) is 15.3. The highest BCUT2D eigenvalue weighted by atomic mass is 32.1. The molecule has 1 aliphatic carbocycles. The average molecular weight is 851 g/mol. The summed E-state index contributed by atoms with van der Waals surface area (Å²) < 4.78 is 7.56. The zero-order valence-electron chi connectivity index (χ0n) is 35.6. The molecule has 0 saturated carbocycles. The van der Waals surface area contributed by atoms with Crippen LogP contribution in [0.4, 0.5) is 28.4 Å². The minimum absolute atomic E-state index is 1.03. The zero-order valence-corrected chi connectivity index (χ0v) is 36.4. The minimum Gasteiger partial charge on any atom is -0.311 e. The Bertz CT molecular complexity index is 3770. The molecule has 0 amide bonds. The van der Waals surface area contributed by atoms with Crippen molar-refractivity contribution in [2.75, 3.05) is 9.80 Å². The van der Waals surface area contributed by atoms with Gasteiger partial charge in [-0.05, 0) is 116 Å². The van der Waals surface area contributed by atoms with E-state index >= 15 is 0 Å². The van der Waals surface area contributed by atoms with Crippen LogP contribution < -0.4 is 9.80 Å². The summed E-state index contributed by atoms with van der Waals surface area (Å²) in [4.78, 5) is 4.76. The van der Waals surface area contributed by atoms with E-state index in [1.807, 2.05) is 11.3 Å². The van der Waals surface area contributed by atoms with Crippen LogP contribution in [0, 0.1) is 0 Å². The molecule has 0 atom stereocenters. The summed E-state index contributed by atoms with van der Waals surface area (Å²) in [6.45, 7) is 0. The number of thiophene rings is 1. The largest absolute Gasteiger partial charge is 0.311 e. The van der Waals surface area contributed by atoms with E-state index in [2.05, 4.69) is 249 Å². The summed E-state index contributed by atoms with van der Waals surface area (Å²) in [6, 6.07) is 77.4. The highest BCUT2D eigenvalue weighted by Crippen LogP contribution is 2.49. The second-order valence-electron chi connectivity index (χ2n) is 16.8. The van der Waals surface area contributed by atoms with Crippen molar-refractivity contribution in [3.63, 3.8) is 0 Å². The summed E-state index contributed by atoms with van der Waals surface area (Å²) in [5.41, 5.74) is 14.0. The van der Waals surface area contributed by atoms with Crippen molar-refractivity contribution in [2.24, 2.45) is 0 Å². The standard InChI is InChI=1S/C60H42N4S/c1-7-19-41(20-8-1)61(42-21-9-2-10-22-42)47-31-37-55-53(39-47)49-33-35-51-52-36-34-50-54-40-48(62(43-23-11-3-12-24-43)44-25-13-4-14-26-44)32-38-56(54)64(46-29-17-6-18-30-46)58(50)60(52)65-59(51)57(49)63(55)45-27-15-5-16-28-45/h1-3,5-13,15-40H,4,14H2. The van der Waals surface area contributed by atoms with E-state index in [0.29, 0.717) is 0 Å². The van der Waals surface area contributed by atoms with Gasteiger partial charge in [0.25, 0.3) is 0 Å². The maximum absolute atomic E-state index is 2.50. The number of anilines is 5. The first-order valence-electron chi connectivity index (χ1n) is 22.4. The predicted molar refractivity (Wildman–Crippen MR) is 278 cm³/mol. The average Bonchev–Trinajstić information content (AvgIpc) is 4.04. The molecule has 308 valence electrons. The zero-order chi connectivity index (χ0) is 42.8. The van der Waals surface area contributed by atoms with Gasteiger partial charge in [0.05, 0.1) is 31.5 Å². The lowest BCUT2D eigenvalue weighted by molar-refractivity contribution is 0.997. The maximum atomic E-state index is 2.50. The number of nitrogens with zero attached hydrogens (tertiary/aromatic N) is 4. The molecule has 5 heteroatoms. The summed E-state index contributed by atoms with van der Waals surface area (Å²) in [7, 11) is 0. The van der Waals surface area contributed by atoms with Crippen molar-refractivity contribution in [2.45, 2.75) is 12.8 Å². The lowest BCUT2D eigenvalue weighted by atomic mass is 10.1. The smallest absolute Gasteiger partial charge is 0.0719 e. The molecule has 0 spiro atoms. The van der Waals surface area contributed by atoms with E-state index in [1.165, 1.54) is 69.5 Å². The third-order valence-electron chi connectivity index (χ3n) is 13.0. The van der Waals surface area contributed by atoms with Crippen LogP contribution in [0.5, 0.6) is 0 Å². The number of para-hydroxylation sites is 5. The molecule has 12 aromatic rings. The van der Waals surface area contributed by atoms with E-state index in [0.717, 1.165) is 52.7 Å². The fraction of sp³-hybridized carbons (Fsp3) is 0.0333. The van der Waals surface area contributed by atoms with E-state index in [1.54, 1.807) is 0 Å². The van der Waals surface area contributed by atoms with Crippen molar-refractivity contribution in [1.82, 2.24) is 9.13 Å². The van der Waals surface area contributed by atoms with Crippen molar-refractivity contribution in [1.29, 1.82) is 0 Å². The minimum atomic E-state index is 1.03. The summed E-state index contributed by atoms with van der Waals surface area (Å²) in [5.74, 6) is 0.